The Bertz CT molecular complexity index is 509. The molecule has 0 radical (unpaired) electrons. The molecule has 1 N–H and O–H groups in total. The fourth-order valence-corrected chi connectivity index (χ4v) is 1.90. The lowest BCUT2D eigenvalue weighted by molar-refractivity contribution is -0.121. The number of carbonyl (C=O) groups excluding carboxylic acids is 3. The van der Waals surface area contributed by atoms with Crippen molar-refractivity contribution in [2.75, 3.05) is 26.8 Å². The minimum atomic E-state index is -0.530. The first kappa shape index (κ1) is 14.1. The van der Waals surface area contributed by atoms with Gasteiger partial charge >= 0.3 is 0 Å². The van der Waals surface area contributed by atoms with Crippen LogP contribution in [0.1, 0.15) is 27.3 Å². The number of fused-ring (bicyclic) bond motifs is 1. The van der Waals surface area contributed by atoms with E-state index >= 15 is 0 Å². The minimum Gasteiger partial charge on any atom is -0.385 e. The molecule has 0 fully saturated rings. The Balaban J connectivity index is 1.93. The zero-order valence-corrected chi connectivity index (χ0v) is 11.1. The summed E-state index contributed by atoms with van der Waals surface area (Å²) in [6, 6.07) is 3.11. The molecule has 1 aromatic heterocycles. The van der Waals surface area contributed by atoms with Crippen LogP contribution in [0, 0.1) is 0 Å². The van der Waals surface area contributed by atoms with Gasteiger partial charge in [0.25, 0.3) is 11.8 Å². The molecule has 20 heavy (non-hydrogen) atoms. The number of imide groups is 1. The third-order valence-electron chi connectivity index (χ3n) is 2.88. The average Bonchev–Trinajstić information content (AvgIpc) is 2.69. The number of rotatable bonds is 6. The van der Waals surface area contributed by atoms with E-state index < -0.39 is 11.8 Å². The second-order valence-electron chi connectivity index (χ2n) is 4.29. The molecule has 1 aromatic rings. The zero-order valence-electron chi connectivity index (χ0n) is 11.1. The Labute approximate surface area is 115 Å². The number of nitrogens with one attached hydrogen (secondary N) is 1. The highest BCUT2D eigenvalue weighted by molar-refractivity contribution is 6.21. The predicted octanol–water partition coefficient (Wildman–Crippen LogP) is -0.170. The van der Waals surface area contributed by atoms with Crippen LogP contribution in [0.25, 0.3) is 0 Å². The molecule has 3 amide bonds. The van der Waals surface area contributed by atoms with E-state index in [0.717, 1.165) is 4.90 Å². The summed E-state index contributed by atoms with van der Waals surface area (Å²) in [7, 11) is 1.58. The van der Waals surface area contributed by atoms with E-state index in [-0.39, 0.29) is 23.7 Å². The molecule has 1 aliphatic rings. The van der Waals surface area contributed by atoms with Crippen LogP contribution in [0.15, 0.2) is 18.3 Å². The Morgan fingerprint density at radius 3 is 2.90 bits per heavy atom. The van der Waals surface area contributed by atoms with Gasteiger partial charge in [0, 0.05) is 26.5 Å². The number of methoxy groups -OCH3 is 1. The van der Waals surface area contributed by atoms with Gasteiger partial charge in [-0.25, -0.2) is 0 Å². The van der Waals surface area contributed by atoms with Crippen LogP contribution >= 0.6 is 0 Å². The summed E-state index contributed by atoms with van der Waals surface area (Å²) in [5.74, 6) is -1.39. The molecule has 2 heterocycles. The van der Waals surface area contributed by atoms with Crippen molar-refractivity contribution in [1.29, 1.82) is 0 Å². The van der Waals surface area contributed by atoms with Crippen molar-refractivity contribution in [2.24, 2.45) is 0 Å². The standard InChI is InChI=1S/C13H15N3O4/c1-20-7-3-6-14-10(17)8-16-12(18)9-4-2-5-15-11(9)13(16)19/h2,4-5H,3,6-8H2,1H3,(H,14,17). The van der Waals surface area contributed by atoms with Gasteiger partial charge in [0.1, 0.15) is 12.2 Å². The van der Waals surface area contributed by atoms with Crippen molar-refractivity contribution in [3.05, 3.63) is 29.6 Å². The SMILES string of the molecule is COCCCNC(=O)CN1C(=O)c2cccnc2C1=O. The Morgan fingerprint density at radius 2 is 2.20 bits per heavy atom. The maximum absolute atomic E-state index is 12.0. The third kappa shape index (κ3) is 2.83. The first-order valence-electron chi connectivity index (χ1n) is 6.22. The lowest BCUT2D eigenvalue weighted by Gasteiger charge is -2.13. The molecule has 0 spiro atoms. The number of hydrogen-bond acceptors (Lipinski definition) is 5. The number of ether oxygens (including phenoxy) is 1. The molecule has 1 aliphatic heterocycles. The first-order valence-corrected chi connectivity index (χ1v) is 6.22. The third-order valence-corrected chi connectivity index (χ3v) is 2.88. The van der Waals surface area contributed by atoms with Gasteiger partial charge < -0.3 is 10.1 Å². The fourth-order valence-electron chi connectivity index (χ4n) is 1.90. The van der Waals surface area contributed by atoms with Gasteiger partial charge in [-0.1, -0.05) is 0 Å². The van der Waals surface area contributed by atoms with E-state index in [0.29, 0.717) is 19.6 Å². The quantitative estimate of drug-likeness (QED) is 0.576. The van der Waals surface area contributed by atoms with Crippen LogP contribution in [0.5, 0.6) is 0 Å². The molecule has 7 heteroatoms. The van der Waals surface area contributed by atoms with Gasteiger partial charge in [0.05, 0.1) is 5.56 Å². The van der Waals surface area contributed by atoms with Crippen molar-refractivity contribution in [3.63, 3.8) is 0 Å². The number of hydrogen-bond donors (Lipinski definition) is 1. The molecule has 0 saturated carbocycles. The molecule has 0 atom stereocenters. The monoisotopic (exact) mass is 277 g/mol. The van der Waals surface area contributed by atoms with E-state index in [4.69, 9.17) is 4.74 Å². The van der Waals surface area contributed by atoms with Crippen LogP contribution in [0.4, 0.5) is 0 Å². The second-order valence-corrected chi connectivity index (χ2v) is 4.29. The highest BCUT2D eigenvalue weighted by Crippen LogP contribution is 2.19. The van der Waals surface area contributed by atoms with Crippen molar-refractivity contribution < 1.29 is 19.1 Å². The Hall–Kier alpha value is -2.28. The van der Waals surface area contributed by atoms with Crippen LogP contribution in [-0.2, 0) is 9.53 Å². The largest absolute Gasteiger partial charge is 0.385 e. The zero-order chi connectivity index (χ0) is 14.5. The molecule has 7 nitrogen and oxygen atoms in total. The van der Waals surface area contributed by atoms with E-state index in [1.54, 1.807) is 13.2 Å². The summed E-state index contributed by atoms with van der Waals surface area (Å²) >= 11 is 0. The van der Waals surface area contributed by atoms with E-state index in [1.165, 1.54) is 12.3 Å². The van der Waals surface area contributed by atoms with Crippen molar-refractivity contribution in [1.82, 2.24) is 15.2 Å². The van der Waals surface area contributed by atoms with Gasteiger partial charge in [-0.15, -0.1) is 0 Å². The summed E-state index contributed by atoms with van der Waals surface area (Å²) < 4.78 is 4.86. The summed E-state index contributed by atoms with van der Waals surface area (Å²) in [5.41, 5.74) is 0.342. The molecule has 0 unspecified atom stereocenters. The van der Waals surface area contributed by atoms with Gasteiger partial charge in [-0.2, -0.15) is 0 Å². The summed E-state index contributed by atoms with van der Waals surface area (Å²) in [4.78, 5) is 40.4. The van der Waals surface area contributed by atoms with E-state index in [9.17, 15) is 14.4 Å². The molecule has 0 bridgehead atoms. The molecule has 0 aliphatic carbocycles. The van der Waals surface area contributed by atoms with Crippen molar-refractivity contribution >= 4 is 17.7 Å². The van der Waals surface area contributed by atoms with Crippen LogP contribution in [0.2, 0.25) is 0 Å². The Morgan fingerprint density at radius 1 is 1.40 bits per heavy atom. The summed E-state index contributed by atoms with van der Waals surface area (Å²) in [6.45, 7) is 0.687. The van der Waals surface area contributed by atoms with Crippen molar-refractivity contribution in [3.8, 4) is 0 Å². The summed E-state index contributed by atoms with van der Waals surface area (Å²) in [5, 5.41) is 2.63. The van der Waals surface area contributed by atoms with E-state index in [1.807, 2.05) is 0 Å². The van der Waals surface area contributed by atoms with Gasteiger partial charge in [-0.3, -0.25) is 24.3 Å². The molecular formula is C13H15N3O4. The first-order chi connectivity index (χ1) is 9.65. The normalized spacial score (nSPS) is 13.6. The number of amides is 3. The predicted molar refractivity (Wildman–Crippen MR) is 69.1 cm³/mol. The highest BCUT2D eigenvalue weighted by atomic mass is 16.5. The van der Waals surface area contributed by atoms with Crippen LogP contribution < -0.4 is 5.32 Å². The van der Waals surface area contributed by atoms with Crippen LogP contribution in [0.3, 0.4) is 0 Å². The molecule has 0 aromatic carbocycles. The highest BCUT2D eigenvalue weighted by Gasteiger charge is 2.37. The van der Waals surface area contributed by atoms with E-state index in [2.05, 4.69) is 10.3 Å². The number of pyridine rings is 1. The number of aromatic nitrogens is 1. The molecular weight excluding hydrogens is 262 g/mol. The van der Waals surface area contributed by atoms with Crippen LogP contribution in [-0.4, -0.2) is 54.4 Å². The maximum Gasteiger partial charge on any atom is 0.280 e. The van der Waals surface area contributed by atoms with Gasteiger partial charge in [-0.05, 0) is 18.6 Å². The summed E-state index contributed by atoms with van der Waals surface area (Å²) in [6.07, 6.45) is 2.12. The topological polar surface area (TPSA) is 88.6 Å². The Kier molecular flexibility index (Phi) is 4.41. The van der Waals surface area contributed by atoms with Gasteiger partial charge in [0.15, 0.2) is 0 Å². The lowest BCUT2D eigenvalue weighted by Crippen LogP contribution is -2.40. The van der Waals surface area contributed by atoms with Gasteiger partial charge in [0.2, 0.25) is 5.91 Å². The maximum atomic E-state index is 12.0. The smallest absolute Gasteiger partial charge is 0.280 e. The number of nitrogens with zero attached hydrogens (tertiary/aromatic N) is 2. The molecule has 106 valence electrons. The lowest BCUT2D eigenvalue weighted by atomic mass is 10.2. The van der Waals surface area contributed by atoms with Crippen molar-refractivity contribution in [2.45, 2.75) is 6.42 Å². The molecule has 2 rings (SSSR count). The number of carbonyl (C=O) groups is 3. The fraction of sp³-hybridized carbons (Fsp3) is 0.385. The average molecular weight is 277 g/mol. The molecule has 0 saturated heterocycles. The second kappa shape index (κ2) is 6.25. The minimum absolute atomic E-state index is 0.102.